The molecular weight excluding hydrogens is 228 g/mol. The molecule has 96 valence electrons. The predicted octanol–water partition coefficient (Wildman–Crippen LogP) is -1.17. The Morgan fingerprint density at radius 2 is 2.11 bits per heavy atom. The molecule has 2 rings (SSSR count). The van der Waals surface area contributed by atoms with Crippen molar-refractivity contribution < 1.29 is 9.53 Å². The number of ether oxygens (including phenoxy) is 1. The summed E-state index contributed by atoms with van der Waals surface area (Å²) in [5.74, 6) is 0. The molecule has 0 aromatic carbocycles. The van der Waals surface area contributed by atoms with E-state index in [0.717, 1.165) is 17.6 Å². The van der Waals surface area contributed by atoms with Crippen molar-refractivity contribution in [2.24, 2.45) is 0 Å². The van der Waals surface area contributed by atoms with Gasteiger partial charge in [0, 0.05) is 29.8 Å². The maximum atomic E-state index is 12.0. The van der Waals surface area contributed by atoms with Crippen LogP contribution in [0.15, 0.2) is 0 Å². The van der Waals surface area contributed by atoms with Gasteiger partial charge in [-0.15, -0.1) is 0 Å². The van der Waals surface area contributed by atoms with E-state index >= 15 is 0 Å². The molecule has 0 aliphatic carbocycles. The fraction of sp³-hybridized carbons (Fsp3) is 0.636. The molecule has 0 saturated carbocycles. The molecule has 1 aliphatic rings. The number of nitrogens with zero attached hydrogens (tertiary/aromatic N) is 3. The van der Waals surface area contributed by atoms with Crippen molar-refractivity contribution in [2.75, 3.05) is 6.54 Å². The van der Waals surface area contributed by atoms with Crippen molar-refractivity contribution in [3.63, 3.8) is 0 Å². The van der Waals surface area contributed by atoms with Gasteiger partial charge < -0.3 is 14.2 Å². The van der Waals surface area contributed by atoms with Crippen molar-refractivity contribution in [1.29, 1.82) is 0 Å². The van der Waals surface area contributed by atoms with Crippen LogP contribution in [0.4, 0.5) is 4.79 Å². The lowest BCUT2D eigenvalue weighted by Gasteiger charge is -2.30. The summed E-state index contributed by atoms with van der Waals surface area (Å²) >= 11 is 0. The molecule has 0 fully saturated rings. The Labute approximate surface area is 109 Å². The minimum atomic E-state index is -0.443. The SMILES string of the molecule is Bc1nn(B)c2c1CN(C(=O)OC(C)(C)C)CC2. The van der Waals surface area contributed by atoms with Crippen LogP contribution in [-0.2, 0) is 17.7 Å². The largest absolute Gasteiger partial charge is 0.444 e. The van der Waals surface area contributed by atoms with Crippen molar-refractivity contribution in [3.8, 4) is 0 Å². The molecule has 0 N–H and O–H groups in total. The Morgan fingerprint density at radius 3 is 2.72 bits per heavy atom. The first kappa shape index (κ1) is 13.1. The lowest BCUT2D eigenvalue weighted by Crippen LogP contribution is -2.41. The summed E-state index contributed by atoms with van der Waals surface area (Å²) in [6.07, 6.45) is 0.600. The number of hydrogen-bond donors (Lipinski definition) is 0. The molecule has 1 aromatic heterocycles. The zero-order valence-electron chi connectivity index (χ0n) is 11.8. The van der Waals surface area contributed by atoms with Gasteiger partial charge in [-0.3, -0.25) is 0 Å². The van der Waals surface area contributed by atoms with Gasteiger partial charge in [0.2, 0.25) is 7.98 Å². The third-order valence-electron chi connectivity index (χ3n) is 3.09. The highest BCUT2D eigenvalue weighted by molar-refractivity contribution is 6.32. The van der Waals surface area contributed by atoms with Gasteiger partial charge in [-0.05, 0) is 20.8 Å². The van der Waals surface area contributed by atoms with E-state index in [1.807, 2.05) is 41.2 Å². The number of amides is 1. The molecule has 5 nitrogen and oxygen atoms in total. The summed E-state index contributed by atoms with van der Waals surface area (Å²) < 4.78 is 7.31. The van der Waals surface area contributed by atoms with Crippen LogP contribution >= 0.6 is 0 Å². The number of aromatic nitrogens is 2. The highest BCUT2D eigenvalue weighted by atomic mass is 16.6. The zero-order chi connectivity index (χ0) is 13.5. The van der Waals surface area contributed by atoms with Crippen molar-refractivity contribution in [1.82, 2.24) is 14.6 Å². The molecule has 18 heavy (non-hydrogen) atoms. The lowest BCUT2D eigenvalue weighted by molar-refractivity contribution is 0.0224. The molecule has 7 heteroatoms. The van der Waals surface area contributed by atoms with Gasteiger partial charge in [0.05, 0.1) is 6.54 Å². The van der Waals surface area contributed by atoms with Crippen LogP contribution in [0.2, 0.25) is 0 Å². The maximum absolute atomic E-state index is 12.0. The number of rotatable bonds is 0. The first-order chi connectivity index (χ1) is 8.28. The molecular formula is C11H19B2N3O2. The molecule has 0 bridgehead atoms. The summed E-state index contributed by atoms with van der Waals surface area (Å²) in [4.78, 5) is 13.8. The second kappa shape index (κ2) is 4.37. The van der Waals surface area contributed by atoms with Gasteiger partial charge in [-0.1, -0.05) is 0 Å². The predicted molar refractivity (Wildman–Crippen MR) is 74.7 cm³/mol. The minimum absolute atomic E-state index is 0.239. The monoisotopic (exact) mass is 247 g/mol. The molecule has 0 atom stereocenters. The van der Waals surface area contributed by atoms with E-state index < -0.39 is 5.60 Å². The van der Waals surface area contributed by atoms with Crippen LogP contribution < -0.4 is 5.59 Å². The lowest BCUT2D eigenvalue weighted by atomic mass is 9.94. The van der Waals surface area contributed by atoms with Gasteiger partial charge in [0.25, 0.3) is 0 Å². The molecule has 0 radical (unpaired) electrons. The fourth-order valence-corrected chi connectivity index (χ4v) is 2.26. The summed E-state index contributed by atoms with van der Waals surface area (Å²) in [7, 11) is 3.94. The zero-order valence-corrected chi connectivity index (χ0v) is 11.8. The Bertz CT molecular complexity index is 479. The Kier molecular flexibility index (Phi) is 3.17. The molecule has 1 aromatic rings. The van der Waals surface area contributed by atoms with Gasteiger partial charge in [-0.25, -0.2) is 9.89 Å². The van der Waals surface area contributed by atoms with Gasteiger partial charge >= 0.3 is 6.09 Å². The first-order valence-electron chi connectivity index (χ1n) is 6.27. The van der Waals surface area contributed by atoms with Gasteiger partial charge in [0.1, 0.15) is 5.60 Å². The van der Waals surface area contributed by atoms with E-state index in [4.69, 9.17) is 4.74 Å². The summed E-state index contributed by atoms with van der Waals surface area (Å²) in [6.45, 7) is 6.95. The third-order valence-corrected chi connectivity index (χ3v) is 3.09. The molecule has 1 amide bonds. The fourth-order valence-electron chi connectivity index (χ4n) is 2.26. The van der Waals surface area contributed by atoms with E-state index in [-0.39, 0.29) is 6.09 Å². The molecule has 1 aliphatic heterocycles. The van der Waals surface area contributed by atoms with E-state index in [9.17, 15) is 4.79 Å². The van der Waals surface area contributed by atoms with E-state index in [0.29, 0.717) is 13.1 Å². The standard InChI is InChI=1S/C11H19B2N3O2/c1-11(2,3)18-10(17)15-5-4-8-7(6-15)9(12)14-16(8)13/h4-6,12-13H2,1-3H3. The second-order valence-corrected chi connectivity index (χ2v) is 5.79. The highest BCUT2D eigenvalue weighted by Gasteiger charge is 2.28. The molecule has 0 spiro atoms. The minimum Gasteiger partial charge on any atom is -0.444 e. The third kappa shape index (κ3) is 2.54. The Hall–Kier alpha value is -1.39. The van der Waals surface area contributed by atoms with Crippen LogP contribution in [0.3, 0.4) is 0 Å². The van der Waals surface area contributed by atoms with E-state index in [2.05, 4.69) is 5.10 Å². The topological polar surface area (TPSA) is 47.4 Å². The van der Waals surface area contributed by atoms with Crippen LogP contribution in [0.5, 0.6) is 0 Å². The maximum Gasteiger partial charge on any atom is 0.410 e. The highest BCUT2D eigenvalue weighted by Crippen LogP contribution is 2.18. The van der Waals surface area contributed by atoms with Gasteiger partial charge in [0.15, 0.2) is 7.85 Å². The molecule has 2 heterocycles. The summed E-state index contributed by atoms with van der Waals surface area (Å²) in [5, 5.41) is 4.40. The normalized spacial score (nSPS) is 15.4. The Morgan fingerprint density at radius 1 is 1.44 bits per heavy atom. The molecule has 0 unspecified atom stereocenters. The van der Waals surface area contributed by atoms with Crippen LogP contribution in [0.1, 0.15) is 32.0 Å². The van der Waals surface area contributed by atoms with Crippen LogP contribution in [0.25, 0.3) is 0 Å². The quantitative estimate of drug-likeness (QED) is 0.543. The van der Waals surface area contributed by atoms with E-state index in [1.54, 1.807) is 4.90 Å². The number of carbonyl (C=O) groups is 1. The Balaban J connectivity index is 2.12. The average molecular weight is 247 g/mol. The number of fused-ring (bicyclic) bond motifs is 1. The summed E-state index contributed by atoms with van der Waals surface area (Å²) in [6, 6.07) is 0. The molecule has 0 saturated heterocycles. The van der Waals surface area contributed by atoms with Gasteiger partial charge in [-0.2, -0.15) is 0 Å². The second-order valence-electron chi connectivity index (χ2n) is 5.79. The number of carbonyl (C=O) groups excluding carboxylic acids is 1. The van der Waals surface area contributed by atoms with Crippen LogP contribution in [0, 0.1) is 0 Å². The van der Waals surface area contributed by atoms with E-state index in [1.165, 1.54) is 5.69 Å². The van der Waals surface area contributed by atoms with Crippen LogP contribution in [-0.4, -0.2) is 48.7 Å². The summed E-state index contributed by atoms with van der Waals surface area (Å²) in [5.41, 5.74) is 2.95. The smallest absolute Gasteiger partial charge is 0.410 e. The number of hydrogen-bond acceptors (Lipinski definition) is 3. The van der Waals surface area contributed by atoms with Crippen molar-refractivity contribution in [2.45, 2.75) is 39.3 Å². The first-order valence-corrected chi connectivity index (χ1v) is 6.27. The van der Waals surface area contributed by atoms with Crippen molar-refractivity contribution >= 4 is 27.5 Å². The average Bonchev–Trinajstić information content (AvgIpc) is 2.52. The van der Waals surface area contributed by atoms with Crippen molar-refractivity contribution in [3.05, 3.63) is 11.3 Å².